The standard InChI is InChI=1S/C24H20N4O2/c1-16-6-5-9-21(27-16)22-25-15-20(24(30)28-22)23(29)26-14-17-10-12-19(13-11-17)18-7-3-2-4-8-18/h2-13,15H,14H2,1H3,(H,26,29)(H,25,28,30). The topological polar surface area (TPSA) is 87.7 Å². The van der Waals surface area contributed by atoms with E-state index < -0.39 is 11.5 Å². The number of nitrogens with one attached hydrogen (secondary N) is 2. The normalized spacial score (nSPS) is 10.6. The van der Waals surface area contributed by atoms with Crippen LogP contribution in [0.4, 0.5) is 0 Å². The number of amides is 1. The van der Waals surface area contributed by atoms with Crippen LogP contribution >= 0.6 is 0 Å². The highest BCUT2D eigenvalue weighted by Crippen LogP contribution is 2.19. The van der Waals surface area contributed by atoms with Crippen molar-refractivity contribution in [3.05, 3.63) is 106 Å². The molecule has 0 saturated carbocycles. The number of carbonyl (C=O) groups excluding carboxylic acids is 1. The number of aryl methyl sites for hydroxylation is 1. The lowest BCUT2D eigenvalue weighted by molar-refractivity contribution is 0.0949. The van der Waals surface area contributed by atoms with Crippen LogP contribution in [0.2, 0.25) is 0 Å². The minimum absolute atomic E-state index is 0.0349. The van der Waals surface area contributed by atoms with Crippen LogP contribution < -0.4 is 10.9 Å². The lowest BCUT2D eigenvalue weighted by Crippen LogP contribution is -2.29. The average molecular weight is 396 g/mol. The first-order chi connectivity index (χ1) is 14.6. The molecule has 0 fully saturated rings. The van der Waals surface area contributed by atoms with Crippen molar-refractivity contribution < 1.29 is 4.79 Å². The molecule has 4 aromatic rings. The molecule has 0 aliphatic carbocycles. The van der Waals surface area contributed by atoms with Gasteiger partial charge in [-0.15, -0.1) is 0 Å². The summed E-state index contributed by atoms with van der Waals surface area (Å²) >= 11 is 0. The number of aromatic amines is 1. The van der Waals surface area contributed by atoms with E-state index in [4.69, 9.17) is 0 Å². The quantitative estimate of drug-likeness (QED) is 0.538. The summed E-state index contributed by atoms with van der Waals surface area (Å²) in [6.07, 6.45) is 1.28. The van der Waals surface area contributed by atoms with Gasteiger partial charge in [0.2, 0.25) is 0 Å². The van der Waals surface area contributed by atoms with Crippen molar-refractivity contribution in [1.29, 1.82) is 0 Å². The molecule has 2 N–H and O–H groups in total. The minimum atomic E-state index is -0.500. The van der Waals surface area contributed by atoms with E-state index in [1.54, 1.807) is 6.07 Å². The molecule has 148 valence electrons. The Morgan fingerprint density at radius 2 is 1.67 bits per heavy atom. The van der Waals surface area contributed by atoms with Crippen LogP contribution in [0, 0.1) is 6.92 Å². The van der Waals surface area contributed by atoms with Crippen molar-refractivity contribution in [2.75, 3.05) is 0 Å². The van der Waals surface area contributed by atoms with Crippen LogP contribution in [0.1, 0.15) is 21.6 Å². The van der Waals surface area contributed by atoms with Crippen LogP contribution in [0.3, 0.4) is 0 Å². The minimum Gasteiger partial charge on any atom is -0.348 e. The van der Waals surface area contributed by atoms with Crippen molar-refractivity contribution in [3.63, 3.8) is 0 Å². The SMILES string of the molecule is Cc1cccc(-c2ncc(C(=O)NCc3ccc(-c4ccccc4)cc3)c(=O)[nH]2)n1. The number of carbonyl (C=O) groups is 1. The van der Waals surface area contributed by atoms with Crippen molar-refractivity contribution in [2.45, 2.75) is 13.5 Å². The smallest absolute Gasteiger partial charge is 0.264 e. The summed E-state index contributed by atoms with van der Waals surface area (Å²) in [5, 5.41) is 2.77. The zero-order chi connectivity index (χ0) is 20.9. The highest BCUT2D eigenvalue weighted by molar-refractivity contribution is 5.93. The van der Waals surface area contributed by atoms with Crippen LogP contribution in [0.25, 0.3) is 22.6 Å². The highest BCUT2D eigenvalue weighted by atomic mass is 16.2. The van der Waals surface area contributed by atoms with Crippen LogP contribution in [0.5, 0.6) is 0 Å². The Morgan fingerprint density at radius 3 is 2.37 bits per heavy atom. The van der Waals surface area contributed by atoms with E-state index in [-0.39, 0.29) is 5.56 Å². The molecule has 0 aliphatic rings. The molecule has 0 atom stereocenters. The first-order valence-electron chi connectivity index (χ1n) is 9.56. The molecule has 1 amide bonds. The Hall–Kier alpha value is -4.06. The number of pyridine rings is 1. The predicted octanol–water partition coefficient (Wildman–Crippen LogP) is 3.74. The number of rotatable bonds is 5. The van der Waals surface area contributed by atoms with Crippen LogP contribution in [0.15, 0.2) is 83.8 Å². The second-order valence-corrected chi connectivity index (χ2v) is 6.88. The first kappa shape index (κ1) is 19.3. The molecule has 6 heteroatoms. The summed E-state index contributed by atoms with van der Waals surface area (Å²) in [6, 6.07) is 23.4. The van der Waals surface area contributed by atoms with E-state index in [1.165, 1.54) is 6.20 Å². The number of hydrogen-bond acceptors (Lipinski definition) is 4. The van der Waals surface area contributed by atoms with E-state index in [9.17, 15) is 9.59 Å². The maximum Gasteiger partial charge on any atom is 0.264 e. The van der Waals surface area contributed by atoms with Crippen molar-refractivity contribution in [3.8, 4) is 22.6 Å². The molecule has 0 radical (unpaired) electrons. The summed E-state index contributed by atoms with van der Waals surface area (Å²) in [4.78, 5) is 36.0. The zero-order valence-corrected chi connectivity index (χ0v) is 16.4. The molecule has 2 heterocycles. The molecule has 6 nitrogen and oxygen atoms in total. The monoisotopic (exact) mass is 396 g/mol. The Balaban J connectivity index is 1.43. The Bertz CT molecular complexity index is 1230. The second kappa shape index (κ2) is 8.53. The molecule has 2 aromatic carbocycles. The van der Waals surface area contributed by atoms with Gasteiger partial charge in [-0.05, 0) is 35.7 Å². The highest BCUT2D eigenvalue weighted by Gasteiger charge is 2.13. The van der Waals surface area contributed by atoms with Gasteiger partial charge in [-0.3, -0.25) is 9.59 Å². The summed E-state index contributed by atoms with van der Waals surface area (Å²) in [5.74, 6) is -0.142. The Labute approximate surface area is 173 Å². The van der Waals surface area contributed by atoms with E-state index in [0.29, 0.717) is 18.1 Å². The molecule has 0 spiro atoms. The molecule has 0 unspecified atom stereocenters. The summed E-state index contributed by atoms with van der Waals surface area (Å²) < 4.78 is 0. The number of H-pyrrole nitrogens is 1. The molecular weight excluding hydrogens is 376 g/mol. The number of nitrogens with zero attached hydrogens (tertiary/aromatic N) is 2. The first-order valence-corrected chi connectivity index (χ1v) is 9.56. The fraction of sp³-hybridized carbons (Fsp3) is 0.0833. The maximum atomic E-state index is 12.4. The molecule has 0 saturated heterocycles. The van der Waals surface area contributed by atoms with Crippen molar-refractivity contribution >= 4 is 5.91 Å². The Kier molecular flexibility index (Phi) is 5.48. The van der Waals surface area contributed by atoms with E-state index in [0.717, 1.165) is 22.4 Å². The van der Waals surface area contributed by atoms with Crippen LogP contribution in [-0.2, 0) is 6.54 Å². The fourth-order valence-electron chi connectivity index (χ4n) is 3.08. The molecule has 30 heavy (non-hydrogen) atoms. The average Bonchev–Trinajstić information content (AvgIpc) is 2.78. The lowest BCUT2D eigenvalue weighted by atomic mass is 10.0. The van der Waals surface area contributed by atoms with Gasteiger partial charge in [-0.2, -0.15) is 0 Å². The van der Waals surface area contributed by atoms with Gasteiger partial charge >= 0.3 is 0 Å². The van der Waals surface area contributed by atoms with Gasteiger partial charge in [-0.1, -0.05) is 60.7 Å². The summed E-state index contributed by atoms with van der Waals surface area (Å²) in [6.45, 7) is 2.17. The van der Waals surface area contributed by atoms with Crippen molar-refractivity contribution in [1.82, 2.24) is 20.3 Å². The lowest BCUT2D eigenvalue weighted by Gasteiger charge is -2.07. The summed E-state index contributed by atoms with van der Waals surface area (Å²) in [7, 11) is 0. The van der Waals surface area contributed by atoms with Gasteiger partial charge < -0.3 is 10.3 Å². The van der Waals surface area contributed by atoms with Gasteiger partial charge in [0.05, 0.1) is 0 Å². The van der Waals surface area contributed by atoms with Gasteiger partial charge in [0.15, 0.2) is 5.82 Å². The molecule has 0 aliphatic heterocycles. The van der Waals surface area contributed by atoms with Gasteiger partial charge in [-0.25, -0.2) is 9.97 Å². The predicted molar refractivity (Wildman–Crippen MR) is 116 cm³/mol. The second-order valence-electron chi connectivity index (χ2n) is 6.88. The van der Waals surface area contributed by atoms with Gasteiger partial charge in [0, 0.05) is 18.4 Å². The third kappa shape index (κ3) is 4.33. The largest absolute Gasteiger partial charge is 0.348 e. The zero-order valence-electron chi connectivity index (χ0n) is 16.4. The van der Waals surface area contributed by atoms with Gasteiger partial charge in [0.25, 0.3) is 11.5 Å². The molecule has 2 aromatic heterocycles. The molecular formula is C24H20N4O2. The maximum absolute atomic E-state index is 12.4. The summed E-state index contributed by atoms with van der Waals surface area (Å²) in [5.41, 5.74) is 4.01. The van der Waals surface area contributed by atoms with E-state index in [1.807, 2.05) is 73.7 Å². The number of hydrogen-bond donors (Lipinski definition) is 2. The third-order valence-electron chi connectivity index (χ3n) is 4.69. The fourth-order valence-corrected chi connectivity index (χ4v) is 3.08. The molecule has 4 rings (SSSR count). The van der Waals surface area contributed by atoms with E-state index in [2.05, 4.69) is 20.3 Å². The number of benzene rings is 2. The third-order valence-corrected chi connectivity index (χ3v) is 4.69. The van der Waals surface area contributed by atoms with Gasteiger partial charge in [0.1, 0.15) is 11.3 Å². The number of aromatic nitrogens is 3. The Morgan fingerprint density at radius 1 is 0.933 bits per heavy atom. The van der Waals surface area contributed by atoms with Crippen LogP contribution in [-0.4, -0.2) is 20.9 Å². The molecule has 0 bridgehead atoms. The van der Waals surface area contributed by atoms with E-state index >= 15 is 0 Å². The van der Waals surface area contributed by atoms with Crippen molar-refractivity contribution in [2.24, 2.45) is 0 Å².